The fourth-order valence-electron chi connectivity index (χ4n) is 2.59. The van der Waals surface area contributed by atoms with Gasteiger partial charge in [-0.05, 0) is 13.3 Å². The van der Waals surface area contributed by atoms with Crippen LogP contribution in [0.3, 0.4) is 0 Å². The van der Waals surface area contributed by atoms with Gasteiger partial charge in [-0.1, -0.05) is 51.9 Å². The van der Waals surface area contributed by atoms with Crippen LogP contribution < -0.4 is 0 Å². The first kappa shape index (κ1) is 18.8. The van der Waals surface area contributed by atoms with E-state index in [0.29, 0.717) is 6.61 Å². The van der Waals surface area contributed by atoms with Crippen LogP contribution in [0.4, 0.5) is 0 Å². The third-order valence-electron chi connectivity index (χ3n) is 4.09. The van der Waals surface area contributed by atoms with Gasteiger partial charge in [-0.2, -0.15) is 0 Å². The molecule has 0 aromatic heterocycles. The third kappa shape index (κ3) is 6.61. The number of aliphatic hydroxyl groups is 3. The fourth-order valence-corrected chi connectivity index (χ4v) is 2.59. The van der Waals surface area contributed by atoms with E-state index in [-0.39, 0.29) is 0 Å². The molecule has 1 rings (SSSR count). The molecule has 5 nitrogen and oxygen atoms in total. The zero-order chi connectivity index (χ0) is 15.7. The molecule has 0 aromatic rings. The van der Waals surface area contributed by atoms with Crippen LogP contribution in [-0.4, -0.2) is 52.6 Å². The second-order valence-corrected chi connectivity index (χ2v) is 6.03. The quantitative estimate of drug-likeness (QED) is 0.538. The van der Waals surface area contributed by atoms with Gasteiger partial charge in [0.25, 0.3) is 0 Å². The summed E-state index contributed by atoms with van der Waals surface area (Å²) in [6.45, 7) is 4.38. The van der Waals surface area contributed by atoms with Crippen LogP contribution in [0.25, 0.3) is 0 Å². The van der Waals surface area contributed by atoms with Crippen LogP contribution in [0.15, 0.2) is 0 Å². The first-order valence-corrected chi connectivity index (χ1v) is 8.39. The highest BCUT2D eigenvalue weighted by molar-refractivity contribution is 4.87. The molecule has 0 bridgehead atoms. The largest absolute Gasteiger partial charge is 0.388 e. The second kappa shape index (κ2) is 10.5. The Morgan fingerprint density at radius 3 is 2.00 bits per heavy atom. The summed E-state index contributed by atoms with van der Waals surface area (Å²) in [6, 6.07) is 0. The van der Waals surface area contributed by atoms with Crippen LogP contribution in [0.1, 0.15) is 65.2 Å². The Morgan fingerprint density at radius 1 is 0.810 bits per heavy atom. The molecule has 0 saturated carbocycles. The lowest BCUT2D eigenvalue weighted by Gasteiger charge is -2.38. The van der Waals surface area contributed by atoms with Crippen molar-refractivity contribution in [3.05, 3.63) is 0 Å². The molecule has 5 heteroatoms. The molecule has 3 N–H and O–H groups in total. The van der Waals surface area contributed by atoms with Crippen molar-refractivity contribution in [2.75, 3.05) is 6.61 Å². The van der Waals surface area contributed by atoms with Gasteiger partial charge < -0.3 is 24.8 Å². The predicted octanol–water partition coefficient (Wildman–Crippen LogP) is 1.97. The van der Waals surface area contributed by atoms with Gasteiger partial charge in [0, 0.05) is 6.61 Å². The van der Waals surface area contributed by atoms with Crippen molar-refractivity contribution in [2.45, 2.75) is 95.9 Å². The summed E-state index contributed by atoms with van der Waals surface area (Å²) in [7, 11) is 0. The summed E-state index contributed by atoms with van der Waals surface area (Å²) >= 11 is 0. The molecule has 0 amide bonds. The monoisotopic (exact) mass is 304 g/mol. The summed E-state index contributed by atoms with van der Waals surface area (Å²) in [5, 5.41) is 29.0. The molecule has 1 aliphatic heterocycles. The van der Waals surface area contributed by atoms with E-state index in [1.807, 2.05) is 0 Å². The Balaban J connectivity index is 2.04. The van der Waals surface area contributed by atoms with Gasteiger partial charge in [-0.15, -0.1) is 0 Å². The molecule has 0 radical (unpaired) electrons. The maximum Gasteiger partial charge on any atom is 0.186 e. The highest BCUT2D eigenvalue weighted by Crippen LogP contribution is 2.22. The standard InChI is InChI=1S/C16H32O5/c1-3-4-5-6-7-8-9-10-11-20-16-15(19)14(18)13(17)12(2)21-16/h12-19H,3-11H2,1-2H3/t12-,13-,14+,15+,16+/m1/s1. The van der Waals surface area contributed by atoms with E-state index in [1.54, 1.807) is 6.92 Å². The average molecular weight is 304 g/mol. The van der Waals surface area contributed by atoms with Crippen molar-refractivity contribution in [3.8, 4) is 0 Å². The van der Waals surface area contributed by atoms with E-state index >= 15 is 0 Å². The molecule has 1 saturated heterocycles. The molecule has 5 atom stereocenters. The normalized spacial score (nSPS) is 33.3. The Bertz CT molecular complexity index is 261. The molecule has 0 unspecified atom stereocenters. The number of unbranched alkanes of at least 4 members (excludes halogenated alkanes) is 7. The van der Waals surface area contributed by atoms with E-state index in [2.05, 4.69) is 6.92 Å². The minimum Gasteiger partial charge on any atom is -0.388 e. The predicted molar refractivity (Wildman–Crippen MR) is 80.9 cm³/mol. The molecule has 0 aliphatic carbocycles. The van der Waals surface area contributed by atoms with Crippen molar-refractivity contribution < 1.29 is 24.8 Å². The number of rotatable bonds is 10. The number of aliphatic hydroxyl groups excluding tert-OH is 3. The van der Waals surface area contributed by atoms with Gasteiger partial charge in [-0.3, -0.25) is 0 Å². The maximum absolute atomic E-state index is 9.79. The molecule has 126 valence electrons. The number of hydrogen-bond acceptors (Lipinski definition) is 5. The zero-order valence-electron chi connectivity index (χ0n) is 13.4. The minimum absolute atomic E-state index is 0.506. The fraction of sp³-hybridized carbons (Fsp3) is 1.00. The van der Waals surface area contributed by atoms with E-state index in [4.69, 9.17) is 9.47 Å². The lowest BCUT2D eigenvalue weighted by Crippen LogP contribution is -2.57. The maximum atomic E-state index is 9.79. The highest BCUT2D eigenvalue weighted by atomic mass is 16.7. The lowest BCUT2D eigenvalue weighted by molar-refractivity contribution is -0.293. The van der Waals surface area contributed by atoms with Crippen LogP contribution >= 0.6 is 0 Å². The van der Waals surface area contributed by atoms with Crippen molar-refractivity contribution >= 4 is 0 Å². The van der Waals surface area contributed by atoms with E-state index in [0.717, 1.165) is 12.8 Å². The molecule has 21 heavy (non-hydrogen) atoms. The van der Waals surface area contributed by atoms with Gasteiger partial charge in [0.2, 0.25) is 0 Å². The lowest BCUT2D eigenvalue weighted by atomic mass is 10.00. The van der Waals surface area contributed by atoms with Crippen LogP contribution in [0, 0.1) is 0 Å². The Labute approximate surface area is 128 Å². The summed E-state index contributed by atoms with van der Waals surface area (Å²) in [5.74, 6) is 0. The Kier molecular flexibility index (Phi) is 9.44. The van der Waals surface area contributed by atoms with E-state index in [9.17, 15) is 15.3 Å². The van der Waals surface area contributed by atoms with Crippen LogP contribution in [0.5, 0.6) is 0 Å². The summed E-state index contributed by atoms with van der Waals surface area (Å²) < 4.78 is 10.9. The first-order chi connectivity index (χ1) is 10.1. The smallest absolute Gasteiger partial charge is 0.186 e. The summed E-state index contributed by atoms with van der Waals surface area (Å²) in [6.07, 6.45) is 4.89. The van der Waals surface area contributed by atoms with Crippen molar-refractivity contribution in [3.63, 3.8) is 0 Å². The number of ether oxygens (including phenoxy) is 2. The topological polar surface area (TPSA) is 79.2 Å². The molecule has 0 aromatic carbocycles. The highest BCUT2D eigenvalue weighted by Gasteiger charge is 2.42. The van der Waals surface area contributed by atoms with Crippen LogP contribution in [0.2, 0.25) is 0 Å². The summed E-state index contributed by atoms with van der Waals surface area (Å²) in [5.41, 5.74) is 0. The van der Waals surface area contributed by atoms with Gasteiger partial charge in [0.15, 0.2) is 6.29 Å². The molecule has 1 aliphatic rings. The van der Waals surface area contributed by atoms with Crippen LogP contribution in [-0.2, 0) is 9.47 Å². The van der Waals surface area contributed by atoms with E-state index in [1.165, 1.54) is 38.5 Å². The summed E-state index contributed by atoms with van der Waals surface area (Å²) in [4.78, 5) is 0. The van der Waals surface area contributed by atoms with Gasteiger partial charge in [0.1, 0.15) is 18.3 Å². The van der Waals surface area contributed by atoms with Gasteiger partial charge in [-0.25, -0.2) is 0 Å². The molecular formula is C16H32O5. The van der Waals surface area contributed by atoms with Gasteiger partial charge in [0.05, 0.1) is 6.10 Å². The first-order valence-electron chi connectivity index (χ1n) is 8.39. The molecule has 1 fully saturated rings. The second-order valence-electron chi connectivity index (χ2n) is 6.03. The molecule has 1 heterocycles. The zero-order valence-corrected chi connectivity index (χ0v) is 13.4. The molecule has 0 spiro atoms. The van der Waals surface area contributed by atoms with E-state index < -0.39 is 30.7 Å². The minimum atomic E-state index is -1.21. The Hall–Kier alpha value is -0.200. The molecular weight excluding hydrogens is 272 g/mol. The third-order valence-corrected chi connectivity index (χ3v) is 4.09. The average Bonchev–Trinajstić information content (AvgIpc) is 2.48. The number of hydrogen-bond donors (Lipinski definition) is 3. The SMILES string of the molecule is CCCCCCCCCCO[C@H]1O[C@H](C)[C@@H](O)[C@H](O)[C@@H]1O. The van der Waals surface area contributed by atoms with Crippen molar-refractivity contribution in [1.29, 1.82) is 0 Å². The van der Waals surface area contributed by atoms with Crippen molar-refractivity contribution in [1.82, 2.24) is 0 Å². The Morgan fingerprint density at radius 2 is 1.38 bits per heavy atom. The van der Waals surface area contributed by atoms with Gasteiger partial charge >= 0.3 is 0 Å². The van der Waals surface area contributed by atoms with Crippen molar-refractivity contribution in [2.24, 2.45) is 0 Å².